The Morgan fingerprint density at radius 1 is 1.30 bits per heavy atom. The summed E-state index contributed by atoms with van der Waals surface area (Å²) >= 11 is 0. The lowest BCUT2D eigenvalue weighted by molar-refractivity contribution is -0.118. The van der Waals surface area contributed by atoms with Gasteiger partial charge in [0.15, 0.2) is 5.78 Å². The number of Topliss-reactive ketones (excluding diaryl/α,β-unsaturated/α-hetero) is 2. The van der Waals surface area contributed by atoms with E-state index < -0.39 is 0 Å². The summed E-state index contributed by atoms with van der Waals surface area (Å²) in [4.78, 5) is 23.5. The second-order valence-corrected chi connectivity index (χ2v) is 6.17. The number of likely N-dealkylation sites (N-methyl/N-ethyl adjacent to an activating group) is 1. The number of nitrogens with one attached hydrogen (secondary N) is 1. The molecule has 23 heavy (non-hydrogen) atoms. The number of nitrogens with zero attached hydrogens (tertiary/aromatic N) is 1. The van der Waals surface area contributed by atoms with Crippen LogP contribution in [0.4, 0.5) is 0 Å². The molecule has 120 valence electrons. The first-order valence-corrected chi connectivity index (χ1v) is 8.03. The van der Waals surface area contributed by atoms with Gasteiger partial charge in [0, 0.05) is 46.0 Å². The Hall–Kier alpha value is -2.20. The minimum Gasteiger partial charge on any atom is -0.339 e. The van der Waals surface area contributed by atoms with E-state index in [4.69, 9.17) is 0 Å². The predicted octanol–water partition coefficient (Wildman–Crippen LogP) is 1.23. The van der Waals surface area contributed by atoms with Gasteiger partial charge in [-0.3, -0.25) is 9.59 Å². The zero-order valence-corrected chi connectivity index (χ0v) is 13.8. The molecular formula is C19H22N2O2. The van der Waals surface area contributed by atoms with Crippen molar-refractivity contribution >= 4 is 34.6 Å². The molecule has 0 saturated heterocycles. The van der Waals surface area contributed by atoms with Crippen molar-refractivity contribution in [2.24, 2.45) is 5.92 Å². The van der Waals surface area contributed by atoms with Crippen LogP contribution < -0.4 is 15.9 Å². The fourth-order valence-corrected chi connectivity index (χ4v) is 3.27. The fraction of sp³-hybridized carbons (Fsp3) is 0.368. The number of carbonyl (C=O) groups excluding carboxylic acids is 2. The van der Waals surface area contributed by atoms with Crippen molar-refractivity contribution in [1.29, 1.82) is 0 Å². The lowest BCUT2D eigenvalue weighted by Gasteiger charge is -2.10. The molecule has 0 bridgehead atoms. The number of ketones is 2. The van der Waals surface area contributed by atoms with Gasteiger partial charge in [-0.05, 0) is 45.5 Å². The number of carbonyl (C=O) groups is 2. The van der Waals surface area contributed by atoms with E-state index in [-0.39, 0.29) is 17.5 Å². The molecule has 4 nitrogen and oxygen atoms in total. The van der Waals surface area contributed by atoms with Gasteiger partial charge in [-0.25, -0.2) is 0 Å². The van der Waals surface area contributed by atoms with Crippen LogP contribution in [0, 0.1) is 5.92 Å². The third kappa shape index (κ3) is 2.75. The van der Waals surface area contributed by atoms with Crippen LogP contribution in [0.5, 0.6) is 0 Å². The number of rotatable bonds is 5. The van der Waals surface area contributed by atoms with Crippen LogP contribution in [0.15, 0.2) is 18.2 Å². The molecule has 1 atom stereocenters. The van der Waals surface area contributed by atoms with E-state index in [1.54, 1.807) is 13.8 Å². The average Bonchev–Trinajstić information content (AvgIpc) is 2.85. The van der Waals surface area contributed by atoms with Gasteiger partial charge in [0.1, 0.15) is 5.78 Å². The molecule has 0 radical (unpaired) electrons. The van der Waals surface area contributed by atoms with Gasteiger partial charge >= 0.3 is 0 Å². The normalized spacial score (nSPS) is 16.6. The second-order valence-electron chi connectivity index (χ2n) is 6.17. The Kier molecular flexibility index (Phi) is 4.18. The molecule has 2 aromatic rings. The van der Waals surface area contributed by atoms with Crippen LogP contribution in [0.3, 0.4) is 0 Å². The first-order valence-electron chi connectivity index (χ1n) is 8.03. The first-order chi connectivity index (χ1) is 11.0. The lowest BCUT2D eigenvalue weighted by Crippen LogP contribution is -2.35. The quantitative estimate of drug-likeness (QED) is 0.845. The molecule has 1 unspecified atom stereocenters. The fourth-order valence-electron chi connectivity index (χ4n) is 3.27. The van der Waals surface area contributed by atoms with Crippen LogP contribution in [0.25, 0.3) is 23.1 Å². The minimum atomic E-state index is -0.0631. The summed E-state index contributed by atoms with van der Waals surface area (Å²) in [7, 11) is 1.94. The summed E-state index contributed by atoms with van der Waals surface area (Å²) in [5.74, 6) is 0.184. The molecular weight excluding hydrogens is 288 g/mol. The summed E-state index contributed by atoms with van der Waals surface area (Å²) < 4.78 is 2.28. The van der Waals surface area contributed by atoms with Gasteiger partial charge in [-0.2, -0.15) is 0 Å². The van der Waals surface area contributed by atoms with E-state index in [0.29, 0.717) is 5.56 Å². The maximum absolute atomic E-state index is 11.8. The van der Waals surface area contributed by atoms with Crippen molar-refractivity contribution < 1.29 is 9.59 Å². The zero-order chi connectivity index (χ0) is 16.6. The van der Waals surface area contributed by atoms with Crippen molar-refractivity contribution in [1.82, 2.24) is 9.88 Å². The Labute approximate surface area is 135 Å². The zero-order valence-electron chi connectivity index (χ0n) is 13.8. The van der Waals surface area contributed by atoms with Crippen LogP contribution in [-0.2, 0) is 11.3 Å². The highest BCUT2D eigenvalue weighted by Gasteiger charge is 2.17. The van der Waals surface area contributed by atoms with Gasteiger partial charge in [-0.15, -0.1) is 0 Å². The maximum atomic E-state index is 11.8. The highest BCUT2D eigenvalue weighted by atomic mass is 16.1. The van der Waals surface area contributed by atoms with E-state index >= 15 is 0 Å². The number of hydrogen-bond acceptors (Lipinski definition) is 3. The first kappa shape index (κ1) is 15.7. The monoisotopic (exact) mass is 310 g/mol. The van der Waals surface area contributed by atoms with Crippen LogP contribution in [0.2, 0.25) is 0 Å². The summed E-state index contributed by atoms with van der Waals surface area (Å²) in [6.45, 7) is 4.95. The highest BCUT2D eigenvalue weighted by molar-refractivity contribution is 5.98. The van der Waals surface area contributed by atoms with Gasteiger partial charge in [0.25, 0.3) is 0 Å². The third-order valence-electron chi connectivity index (χ3n) is 4.59. The van der Waals surface area contributed by atoms with E-state index in [0.717, 1.165) is 41.0 Å². The smallest absolute Gasteiger partial charge is 0.159 e. The Morgan fingerprint density at radius 3 is 2.74 bits per heavy atom. The van der Waals surface area contributed by atoms with Crippen molar-refractivity contribution in [3.8, 4) is 0 Å². The molecule has 0 saturated carbocycles. The van der Waals surface area contributed by atoms with E-state index in [2.05, 4.69) is 22.0 Å². The van der Waals surface area contributed by atoms with Crippen molar-refractivity contribution in [3.63, 3.8) is 0 Å². The van der Waals surface area contributed by atoms with E-state index in [1.165, 1.54) is 0 Å². The molecule has 1 aliphatic rings. The number of aromatic nitrogens is 1. The van der Waals surface area contributed by atoms with Crippen LogP contribution in [-0.4, -0.2) is 29.7 Å². The lowest BCUT2D eigenvalue weighted by atomic mass is 9.95. The Morgan fingerprint density at radius 2 is 2.09 bits per heavy atom. The molecule has 0 amide bonds. The summed E-state index contributed by atoms with van der Waals surface area (Å²) in [5, 5.41) is 6.49. The Bertz CT molecular complexity index is 906. The minimum absolute atomic E-state index is 0.0616. The van der Waals surface area contributed by atoms with Gasteiger partial charge < -0.3 is 9.88 Å². The van der Waals surface area contributed by atoms with Crippen LogP contribution in [0.1, 0.15) is 30.6 Å². The summed E-state index contributed by atoms with van der Waals surface area (Å²) in [6, 6.07) is 5.86. The van der Waals surface area contributed by atoms with Crippen molar-refractivity contribution in [3.05, 3.63) is 34.3 Å². The van der Waals surface area contributed by atoms with Gasteiger partial charge in [-0.1, -0.05) is 12.2 Å². The number of fused-ring (bicyclic) bond motifs is 3. The largest absolute Gasteiger partial charge is 0.339 e. The second kappa shape index (κ2) is 6.13. The van der Waals surface area contributed by atoms with Gasteiger partial charge in [0.05, 0.1) is 0 Å². The van der Waals surface area contributed by atoms with Crippen molar-refractivity contribution in [2.45, 2.75) is 26.8 Å². The molecule has 1 aromatic heterocycles. The molecule has 1 aromatic carbocycles. The molecule has 0 spiro atoms. The molecule has 0 aliphatic heterocycles. The molecule has 0 fully saturated rings. The maximum Gasteiger partial charge on any atom is 0.159 e. The third-order valence-corrected chi connectivity index (χ3v) is 4.59. The topological polar surface area (TPSA) is 51.1 Å². The molecule has 3 rings (SSSR count). The van der Waals surface area contributed by atoms with Gasteiger partial charge in [0.2, 0.25) is 0 Å². The molecule has 1 N–H and O–H groups in total. The van der Waals surface area contributed by atoms with E-state index in [1.807, 2.05) is 25.2 Å². The SMILES string of the molecule is CNCCn1c2c(c3cc(C(C)=O)ccc31)=CC(C(C)=O)CC=2. The number of benzene rings is 1. The molecule has 1 aliphatic carbocycles. The standard InChI is InChI=1S/C19H22N2O2/c1-12(22)14-4-6-18-16(10-14)17-11-15(13(2)23)5-7-19(17)21(18)9-8-20-3/h4,6-7,10-11,15,20H,5,8-9H2,1-3H3. The van der Waals surface area contributed by atoms with Crippen molar-refractivity contribution in [2.75, 3.05) is 13.6 Å². The summed E-state index contributed by atoms with van der Waals surface area (Å²) in [6.07, 6.45) is 4.97. The molecule has 4 heteroatoms. The Balaban J connectivity index is 2.31. The van der Waals surface area contributed by atoms with Crippen LogP contribution >= 0.6 is 0 Å². The average molecular weight is 310 g/mol. The molecule has 1 heterocycles. The highest BCUT2D eigenvalue weighted by Crippen LogP contribution is 2.17. The number of hydrogen-bond donors (Lipinski definition) is 1. The summed E-state index contributed by atoms with van der Waals surface area (Å²) in [5.41, 5.74) is 1.83. The predicted molar refractivity (Wildman–Crippen MR) is 92.8 cm³/mol. The van der Waals surface area contributed by atoms with E-state index in [9.17, 15) is 9.59 Å².